The van der Waals surface area contributed by atoms with Crippen LogP contribution in [0.25, 0.3) is 0 Å². The van der Waals surface area contributed by atoms with Crippen LogP contribution in [0.3, 0.4) is 0 Å². The van der Waals surface area contributed by atoms with Crippen LogP contribution in [-0.4, -0.2) is 25.2 Å². The first kappa shape index (κ1) is 20.2. The number of rotatable bonds is 6. The van der Waals surface area contributed by atoms with Crippen LogP contribution in [0.4, 0.5) is 10.1 Å². The monoisotopic (exact) mass is 380 g/mol. The fourth-order valence-corrected chi connectivity index (χ4v) is 2.67. The number of amides is 1. The zero-order valence-electron chi connectivity index (χ0n) is 14.2. The van der Waals surface area contributed by atoms with Crippen molar-refractivity contribution in [2.75, 3.05) is 18.5 Å². The van der Waals surface area contributed by atoms with Crippen molar-refractivity contribution in [3.63, 3.8) is 0 Å². The summed E-state index contributed by atoms with van der Waals surface area (Å²) in [4.78, 5) is 12.4. The second kappa shape index (κ2) is 9.52. The Bertz CT molecular complexity index is 734. The van der Waals surface area contributed by atoms with Gasteiger partial charge in [-0.2, -0.15) is 0 Å². The molecule has 0 radical (unpaired) electrons. The van der Waals surface area contributed by atoms with Crippen LogP contribution in [-0.2, 0) is 11.3 Å². The van der Waals surface area contributed by atoms with Crippen LogP contribution < -0.4 is 15.8 Å². The van der Waals surface area contributed by atoms with Crippen molar-refractivity contribution in [3.05, 3.63) is 59.4 Å². The minimum absolute atomic E-state index is 0. The van der Waals surface area contributed by atoms with Gasteiger partial charge >= 0.3 is 0 Å². The van der Waals surface area contributed by atoms with Gasteiger partial charge in [0.2, 0.25) is 0 Å². The lowest BCUT2D eigenvalue weighted by molar-refractivity contribution is 0.0681. The van der Waals surface area contributed by atoms with E-state index in [0.717, 1.165) is 25.0 Å². The Balaban J connectivity index is 0.00000243. The molecule has 3 rings (SSSR count). The summed E-state index contributed by atoms with van der Waals surface area (Å²) in [5, 5.41) is 2.70. The number of benzene rings is 2. The van der Waals surface area contributed by atoms with E-state index in [9.17, 15) is 9.18 Å². The van der Waals surface area contributed by atoms with Crippen molar-refractivity contribution >= 4 is 24.0 Å². The molecule has 0 bridgehead atoms. The Labute approximate surface area is 158 Å². The second-order valence-corrected chi connectivity index (χ2v) is 5.94. The molecule has 3 N–H and O–H groups in total. The maximum Gasteiger partial charge on any atom is 0.255 e. The maximum absolute atomic E-state index is 13.6. The molecular formula is C19H22ClFN2O3. The fourth-order valence-electron chi connectivity index (χ4n) is 2.67. The molecular weight excluding hydrogens is 359 g/mol. The molecule has 0 spiro atoms. The summed E-state index contributed by atoms with van der Waals surface area (Å²) in [6.45, 7) is 1.52. The van der Waals surface area contributed by atoms with E-state index < -0.39 is 5.82 Å². The smallest absolute Gasteiger partial charge is 0.255 e. The molecule has 26 heavy (non-hydrogen) atoms. The van der Waals surface area contributed by atoms with Gasteiger partial charge in [-0.15, -0.1) is 12.4 Å². The van der Waals surface area contributed by atoms with Gasteiger partial charge in [0.25, 0.3) is 5.91 Å². The van der Waals surface area contributed by atoms with Gasteiger partial charge in [0.1, 0.15) is 18.2 Å². The number of nitrogens with one attached hydrogen (secondary N) is 1. The maximum atomic E-state index is 13.6. The standard InChI is InChI=1S/C19H21FN2O3.ClH/c20-15-7-8-18(25-12-16-2-1-9-24-16)17(10-15)22-19(23)14-5-3-13(11-21)4-6-14;/h3-8,10,16H,1-2,9,11-12,21H2,(H,22,23);1H. The highest BCUT2D eigenvalue weighted by molar-refractivity contribution is 6.05. The fraction of sp³-hybridized carbons (Fsp3) is 0.316. The van der Waals surface area contributed by atoms with E-state index in [-0.39, 0.29) is 24.4 Å². The minimum Gasteiger partial charge on any atom is -0.489 e. The van der Waals surface area contributed by atoms with Gasteiger partial charge in [-0.1, -0.05) is 12.1 Å². The Morgan fingerprint density at radius 2 is 2.04 bits per heavy atom. The summed E-state index contributed by atoms with van der Waals surface area (Å²) >= 11 is 0. The zero-order valence-corrected chi connectivity index (χ0v) is 15.1. The topological polar surface area (TPSA) is 73.6 Å². The van der Waals surface area contributed by atoms with Crippen LogP contribution in [0.1, 0.15) is 28.8 Å². The summed E-state index contributed by atoms with van der Waals surface area (Å²) in [5.41, 5.74) is 7.25. The van der Waals surface area contributed by atoms with E-state index in [1.54, 1.807) is 24.3 Å². The lowest BCUT2D eigenvalue weighted by Gasteiger charge is -2.15. The van der Waals surface area contributed by atoms with E-state index in [1.165, 1.54) is 18.2 Å². The van der Waals surface area contributed by atoms with E-state index in [2.05, 4.69) is 5.32 Å². The average Bonchev–Trinajstić information content (AvgIpc) is 3.14. The number of carbonyl (C=O) groups excluding carboxylic acids is 1. The Kier molecular flexibility index (Phi) is 7.38. The van der Waals surface area contributed by atoms with Gasteiger partial charge in [0.05, 0.1) is 11.8 Å². The molecule has 1 heterocycles. The largest absolute Gasteiger partial charge is 0.489 e. The third-order valence-corrected chi connectivity index (χ3v) is 4.09. The molecule has 0 aliphatic carbocycles. The first-order valence-corrected chi connectivity index (χ1v) is 8.30. The van der Waals surface area contributed by atoms with E-state index in [4.69, 9.17) is 15.2 Å². The molecule has 1 amide bonds. The molecule has 1 atom stereocenters. The molecule has 1 saturated heterocycles. The van der Waals surface area contributed by atoms with Crippen molar-refractivity contribution in [1.29, 1.82) is 0 Å². The van der Waals surface area contributed by atoms with Gasteiger partial charge < -0.3 is 20.5 Å². The normalized spacial score (nSPS) is 16.0. The number of hydrogen-bond acceptors (Lipinski definition) is 4. The van der Waals surface area contributed by atoms with Crippen molar-refractivity contribution in [3.8, 4) is 5.75 Å². The molecule has 2 aromatic carbocycles. The van der Waals surface area contributed by atoms with Gasteiger partial charge in [-0.3, -0.25) is 4.79 Å². The summed E-state index contributed by atoms with van der Waals surface area (Å²) in [7, 11) is 0. The number of nitrogens with two attached hydrogens (primary N) is 1. The molecule has 1 aliphatic rings. The summed E-state index contributed by atoms with van der Waals surface area (Å²) in [5.74, 6) is -0.363. The van der Waals surface area contributed by atoms with Crippen LogP contribution in [0, 0.1) is 5.82 Å². The average molecular weight is 381 g/mol. The molecule has 7 heteroatoms. The van der Waals surface area contributed by atoms with Gasteiger partial charge in [-0.05, 0) is 42.7 Å². The Morgan fingerprint density at radius 1 is 1.27 bits per heavy atom. The number of carbonyl (C=O) groups is 1. The summed E-state index contributed by atoms with van der Waals surface area (Å²) < 4.78 is 24.8. The molecule has 5 nitrogen and oxygen atoms in total. The summed E-state index contributed by atoms with van der Waals surface area (Å²) in [6, 6.07) is 11.0. The number of halogens is 2. The number of anilines is 1. The van der Waals surface area contributed by atoms with Gasteiger partial charge in [-0.25, -0.2) is 4.39 Å². The van der Waals surface area contributed by atoms with Crippen molar-refractivity contribution in [2.45, 2.75) is 25.5 Å². The third-order valence-electron chi connectivity index (χ3n) is 4.09. The Hall–Kier alpha value is -2.15. The molecule has 1 aliphatic heterocycles. The van der Waals surface area contributed by atoms with Crippen LogP contribution in [0.2, 0.25) is 0 Å². The zero-order chi connectivity index (χ0) is 17.6. The highest BCUT2D eigenvalue weighted by Gasteiger charge is 2.18. The van der Waals surface area contributed by atoms with Gasteiger partial charge in [0.15, 0.2) is 0 Å². The molecule has 2 aromatic rings. The predicted octanol–water partition coefficient (Wildman–Crippen LogP) is 3.52. The van der Waals surface area contributed by atoms with Crippen molar-refractivity contribution < 1.29 is 18.7 Å². The van der Waals surface area contributed by atoms with Gasteiger partial charge in [0, 0.05) is 24.8 Å². The summed E-state index contributed by atoms with van der Waals surface area (Å²) in [6.07, 6.45) is 1.99. The van der Waals surface area contributed by atoms with E-state index in [1.807, 2.05) is 0 Å². The van der Waals surface area contributed by atoms with Crippen LogP contribution in [0.5, 0.6) is 5.75 Å². The molecule has 140 valence electrons. The highest BCUT2D eigenvalue weighted by Crippen LogP contribution is 2.27. The van der Waals surface area contributed by atoms with Crippen molar-refractivity contribution in [1.82, 2.24) is 0 Å². The first-order chi connectivity index (χ1) is 12.2. The number of hydrogen-bond donors (Lipinski definition) is 2. The lowest BCUT2D eigenvalue weighted by Crippen LogP contribution is -2.18. The van der Waals surface area contributed by atoms with Crippen molar-refractivity contribution in [2.24, 2.45) is 5.73 Å². The molecule has 1 fully saturated rings. The molecule has 0 saturated carbocycles. The number of ether oxygens (including phenoxy) is 2. The minimum atomic E-state index is -0.446. The van der Waals surface area contributed by atoms with Crippen LogP contribution in [0.15, 0.2) is 42.5 Å². The highest BCUT2D eigenvalue weighted by atomic mass is 35.5. The quantitative estimate of drug-likeness (QED) is 0.804. The lowest BCUT2D eigenvalue weighted by atomic mass is 10.1. The van der Waals surface area contributed by atoms with E-state index in [0.29, 0.717) is 30.2 Å². The predicted molar refractivity (Wildman–Crippen MR) is 100 cm³/mol. The Morgan fingerprint density at radius 3 is 2.69 bits per heavy atom. The van der Waals surface area contributed by atoms with E-state index >= 15 is 0 Å². The SMILES string of the molecule is Cl.NCc1ccc(C(=O)Nc2cc(F)ccc2OCC2CCCO2)cc1. The molecule has 1 unspecified atom stereocenters. The third kappa shape index (κ3) is 5.17. The van der Waals surface area contributed by atoms with Crippen LogP contribution >= 0.6 is 12.4 Å². The second-order valence-electron chi connectivity index (χ2n) is 5.94. The first-order valence-electron chi connectivity index (χ1n) is 8.30. The molecule has 0 aromatic heterocycles.